The number of carbonyl (C=O) groups excluding carboxylic acids is 2. The minimum absolute atomic E-state index is 0.0554. The van der Waals surface area contributed by atoms with Crippen LogP contribution in [0.15, 0.2) is 72.9 Å². The van der Waals surface area contributed by atoms with Crippen LogP contribution in [0.4, 0.5) is 5.82 Å². The number of hydrogen-bond donors (Lipinski definition) is 2. The van der Waals surface area contributed by atoms with Crippen LogP contribution in [0, 0.1) is 5.92 Å². The molecule has 0 radical (unpaired) electrons. The van der Waals surface area contributed by atoms with E-state index in [-0.39, 0.29) is 24.2 Å². The van der Waals surface area contributed by atoms with Crippen LogP contribution in [0.25, 0.3) is 0 Å². The van der Waals surface area contributed by atoms with E-state index < -0.39 is 6.04 Å². The number of rotatable bonds is 8. The van der Waals surface area contributed by atoms with E-state index in [1.165, 1.54) is 0 Å². The SMILES string of the molecule is CC(C)C(NC(=O)Cc1ccccc1)C(=O)Nc1ccnn1Cc1ccccc1. The normalized spacial score (nSPS) is 11.8. The fourth-order valence-electron chi connectivity index (χ4n) is 3.07. The molecule has 0 saturated carbocycles. The van der Waals surface area contributed by atoms with Crippen LogP contribution in [-0.2, 0) is 22.6 Å². The average molecular weight is 390 g/mol. The molecule has 1 unspecified atom stereocenters. The van der Waals surface area contributed by atoms with E-state index >= 15 is 0 Å². The third-order valence-electron chi connectivity index (χ3n) is 4.62. The Kier molecular flexibility index (Phi) is 6.79. The first-order valence-corrected chi connectivity index (χ1v) is 9.73. The van der Waals surface area contributed by atoms with Crippen molar-refractivity contribution in [2.24, 2.45) is 5.92 Å². The number of amides is 2. The minimum Gasteiger partial charge on any atom is -0.344 e. The molecule has 0 saturated heterocycles. The summed E-state index contributed by atoms with van der Waals surface area (Å²) in [6.45, 7) is 4.37. The molecule has 2 amide bonds. The molecular weight excluding hydrogens is 364 g/mol. The topological polar surface area (TPSA) is 76.0 Å². The second-order valence-corrected chi connectivity index (χ2v) is 7.30. The van der Waals surface area contributed by atoms with Gasteiger partial charge in [-0.3, -0.25) is 9.59 Å². The van der Waals surface area contributed by atoms with Crippen molar-refractivity contribution in [3.05, 3.63) is 84.1 Å². The quantitative estimate of drug-likeness (QED) is 0.620. The summed E-state index contributed by atoms with van der Waals surface area (Å²) < 4.78 is 1.73. The molecule has 1 heterocycles. The number of hydrogen-bond acceptors (Lipinski definition) is 3. The Labute approximate surface area is 170 Å². The highest BCUT2D eigenvalue weighted by molar-refractivity contribution is 5.97. The highest BCUT2D eigenvalue weighted by atomic mass is 16.2. The maximum absolute atomic E-state index is 12.9. The Morgan fingerprint density at radius 1 is 0.931 bits per heavy atom. The molecule has 3 rings (SSSR count). The van der Waals surface area contributed by atoms with Crippen molar-refractivity contribution < 1.29 is 9.59 Å². The van der Waals surface area contributed by atoms with Gasteiger partial charge in [-0.2, -0.15) is 5.10 Å². The summed E-state index contributed by atoms with van der Waals surface area (Å²) in [5.41, 5.74) is 2.00. The van der Waals surface area contributed by atoms with E-state index in [0.29, 0.717) is 12.4 Å². The zero-order chi connectivity index (χ0) is 20.6. The third kappa shape index (κ3) is 5.78. The Balaban J connectivity index is 1.64. The summed E-state index contributed by atoms with van der Waals surface area (Å²) in [6, 6.07) is 20.5. The van der Waals surface area contributed by atoms with E-state index in [1.807, 2.05) is 74.5 Å². The van der Waals surface area contributed by atoms with Gasteiger partial charge in [-0.05, 0) is 17.0 Å². The van der Waals surface area contributed by atoms with Crippen LogP contribution in [0.2, 0.25) is 0 Å². The van der Waals surface area contributed by atoms with Gasteiger partial charge < -0.3 is 10.6 Å². The molecule has 6 heteroatoms. The number of nitrogens with one attached hydrogen (secondary N) is 2. The Bertz CT molecular complexity index is 936. The van der Waals surface area contributed by atoms with E-state index in [2.05, 4.69) is 15.7 Å². The number of aromatic nitrogens is 2. The number of nitrogens with zero attached hydrogens (tertiary/aromatic N) is 2. The molecular formula is C23H26N4O2. The van der Waals surface area contributed by atoms with Gasteiger partial charge in [-0.25, -0.2) is 4.68 Å². The van der Waals surface area contributed by atoms with Gasteiger partial charge in [0.2, 0.25) is 11.8 Å². The molecule has 1 atom stereocenters. The molecule has 3 aromatic rings. The molecule has 0 aliphatic carbocycles. The molecule has 6 nitrogen and oxygen atoms in total. The van der Waals surface area contributed by atoms with Crippen molar-refractivity contribution in [2.45, 2.75) is 32.9 Å². The van der Waals surface area contributed by atoms with E-state index in [1.54, 1.807) is 16.9 Å². The Morgan fingerprint density at radius 3 is 2.17 bits per heavy atom. The molecule has 1 aromatic heterocycles. The molecule has 0 aliphatic heterocycles. The van der Waals surface area contributed by atoms with Gasteiger partial charge in [-0.1, -0.05) is 74.5 Å². The lowest BCUT2D eigenvalue weighted by atomic mass is 10.0. The first kappa shape index (κ1) is 20.3. The highest BCUT2D eigenvalue weighted by Crippen LogP contribution is 2.12. The van der Waals surface area contributed by atoms with Crippen LogP contribution in [-0.4, -0.2) is 27.6 Å². The van der Waals surface area contributed by atoms with Crippen molar-refractivity contribution in [2.75, 3.05) is 5.32 Å². The van der Waals surface area contributed by atoms with Gasteiger partial charge in [-0.15, -0.1) is 0 Å². The lowest BCUT2D eigenvalue weighted by Gasteiger charge is -2.22. The Morgan fingerprint density at radius 2 is 1.55 bits per heavy atom. The van der Waals surface area contributed by atoms with Crippen LogP contribution >= 0.6 is 0 Å². The summed E-state index contributed by atoms with van der Waals surface area (Å²) in [7, 11) is 0. The molecule has 2 N–H and O–H groups in total. The highest BCUT2D eigenvalue weighted by Gasteiger charge is 2.25. The van der Waals surface area contributed by atoms with Crippen LogP contribution in [0.5, 0.6) is 0 Å². The monoisotopic (exact) mass is 390 g/mol. The maximum Gasteiger partial charge on any atom is 0.248 e. The molecule has 0 spiro atoms. The van der Waals surface area contributed by atoms with Gasteiger partial charge in [0, 0.05) is 6.07 Å². The summed E-state index contributed by atoms with van der Waals surface area (Å²) in [5.74, 6) is 0.112. The third-order valence-corrected chi connectivity index (χ3v) is 4.62. The molecule has 150 valence electrons. The van der Waals surface area contributed by atoms with Crippen molar-refractivity contribution in [3.63, 3.8) is 0 Å². The van der Waals surface area contributed by atoms with Crippen molar-refractivity contribution >= 4 is 17.6 Å². The van der Waals surface area contributed by atoms with Crippen molar-refractivity contribution in [1.29, 1.82) is 0 Å². The van der Waals surface area contributed by atoms with Crippen LogP contribution in [0.3, 0.4) is 0 Å². The van der Waals surface area contributed by atoms with Crippen LogP contribution in [0.1, 0.15) is 25.0 Å². The molecule has 0 bridgehead atoms. The van der Waals surface area contributed by atoms with Gasteiger partial charge in [0.25, 0.3) is 0 Å². The average Bonchev–Trinajstić information content (AvgIpc) is 3.14. The summed E-state index contributed by atoms with van der Waals surface area (Å²) in [5, 5.41) is 10.1. The minimum atomic E-state index is -0.633. The predicted molar refractivity (Wildman–Crippen MR) is 113 cm³/mol. The van der Waals surface area contributed by atoms with Gasteiger partial charge in [0.05, 0.1) is 19.2 Å². The van der Waals surface area contributed by atoms with Gasteiger partial charge in [0.1, 0.15) is 11.9 Å². The lowest BCUT2D eigenvalue weighted by molar-refractivity contribution is -0.127. The fraction of sp³-hybridized carbons (Fsp3) is 0.261. The summed E-state index contributed by atoms with van der Waals surface area (Å²) in [6.07, 6.45) is 1.89. The standard InChI is InChI=1S/C23H26N4O2/c1-17(2)22(26-21(28)15-18-9-5-3-6-10-18)23(29)25-20-13-14-24-27(20)16-19-11-7-4-8-12-19/h3-14,17,22H,15-16H2,1-2H3,(H,25,29)(H,26,28). The van der Waals surface area contributed by atoms with E-state index in [9.17, 15) is 9.59 Å². The number of carbonyl (C=O) groups is 2. The zero-order valence-corrected chi connectivity index (χ0v) is 16.7. The fourth-order valence-corrected chi connectivity index (χ4v) is 3.07. The molecule has 0 aliphatic rings. The summed E-state index contributed by atoms with van der Waals surface area (Å²) in [4.78, 5) is 25.3. The number of benzene rings is 2. The van der Waals surface area contributed by atoms with Crippen molar-refractivity contribution in [3.8, 4) is 0 Å². The Hall–Kier alpha value is -3.41. The van der Waals surface area contributed by atoms with Crippen LogP contribution < -0.4 is 10.6 Å². The van der Waals surface area contributed by atoms with E-state index in [4.69, 9.17) is 0 Å². The smallest absolute Gasteiger partial charge is 0.248 e. The van der Waals surface area contributed by atoms with Gasteiger partial charge >= 0.3 is 0 Å². The van der Waals surface area contributed by atoms with E-state index in [0.717, 1.165) is 11.1 Å². The first-order chi connectivity index (χ1) is 14.0. The predicted octanol–water partition coefficient (Wildman–Crippen LogP) is 3.25. The molecule has 29 heavy (non-hydrogen) atoms. The van der Waals surface area contributed by atoms with Crippen molar-refractivity contribution in [1.82, 2.24) is 15.1 Å². The molecule has 0 fully saturated rings. The second kappa shape index (κ2) is 9.68. The lowest BCUT2D eigenvalue weighted by Crippen LogP contribution is -2.47. The number of anilines is 1. The maximum atomic E-state index is 12.9. The summed E-state index contributed by atoms with van der Waals surface area (Å²) >= 11 is 0. The zero-order valence-electron chi connectivity index (χ0n) is 16.7. The largest absolute Gasteiger partial charge is 0.344 e. The van der Waals surface area contributed by atoms with Gasteiger partial charge in [0.15, 0.2) is 0 Å². The first-order valence-electron chi connectivity index (χ1n) is 9.73. The second-order valence-electron chi connectivity index (χ2n) is 7.30. The molecule has 2 aromatic carbocycles.